The van der Waals surface area contributed by atoms with Crippen LogP contribution in [-0.4, -0.2) is 19.9 Å². The summed E-state index contributed by atoms with van der Waals surface area (Å²) in [6.45, 7) is 0.166. The monoisotopic (exact) mass is 407 g/mol. The Balaban J connectivity index is 1.72. The second-order valence-corrected chi connectivity index (χ2v) is 7.52. The number of pyridine rings is 2. The second kappa shape index (κ2) is 6.92. The smallest absolute Gasteiger partial charge is 0.144 e. The molecule has 0 bridgehead atoms. The van der Waals surface area contributed by atoms with Crippen molar-refractivity contribution in [3.63, 3.8) is 0 Å². The molecule has 3 N–H and O–H groups in total. The van der Waals surface area contributed by atoms with Crippen molar-refractivity contribution in [2.75, 3.05) is 0 Å². The van der Waals surface area contributed by atoms with Gasteiger partial charge in [0.2, 0.25) is 0 Å². The highest BCUT2D eigenvalue weighted by Gasteiger charge is 2.17. The molecule has 4 aromatic heterocycles. The van der Waals surface area contributed by atoms with Gasteiger partial charge in [-0.2, -0.15) is 0 Å². The van der Waals surface area contributed by atoms with Gasteiger partial charge < -0.3 is 10.7 Å². The molecule has 0 atom stereocenters. The van der Waals surface area contributed by atoms with Crippen molar-refractivity contribution < 1.29 is 4.39 Å². The maximum Gasteiger partial charge on any atom is 0.144 e. The van der Waals surface area contributed by atoms with E-state index in [0.29, 0.717) is 32.9 Å². The molecule has 0 spiro atoms. The molecule has 4 heterocycles. The van der Waals surface area contributed by atoms with E-state index in [4.69, 9.17) is 28.9 Å². The van der Waals surface area contributed by atoms with Gasteiger partial charge >= 0.3 is 0 Å². The molecule has 0 aliphatic heterocycles. The molecule has 0 radical (unpaired) electrons. The molecule has 0 aliphatic rings. The number of aromatic nitrogens is 4. The maximum absolute atomic E-state index is 13.4. The minimum Gasteiger partial charge on any atom is -0.346 e. The number of rotatable bonds is 4. The molecule has 9 heteroatoms. The lowest BCUT2D eigenvalue weighted by molar-refractivity contribution is 0.619. The number of hydrogen-bond donors (Lipinski definition) is 2. The lowest BCUT2D eigenvalue weighted by Crippen LogP contribution is -2.01. The molecule has 4 rings (SSSR count). The van der Waals surface area contributed by atoms with Crippen LogP contribution in [-0.2, 0) is 13.0 Å². The van der Waals surface area contributed by atoms with Crippen molar-refractivity contribution in [3.8, 4) is 10.7 Å². The SMILES string of the molecule is NCc1cc(F)cnc1-c1nc(Cl)c(Cc2c[nH]c3ncc(Cl)cc23)s1. The zero-order valence-corrected chi connectivity index (χ0v) is 15.6. The van der Waals surface area contributed by atoms with Gasteiger partial charge in [0.15, 0.2) is 0 Å². The van der Waals surface area contributed by atoms with Crippen LogP contribution in [0.4, 0.5) is 4.39 Å². The van der Waals surface area contributed by atoms with Crippen molar-refractivity contribution in [2.24, 2.45) is 5.73 Å². The first kappa shape index (κ1) is 17.4. The van der Waals surface area contributed by atoms with E-state index in [1.807, 2.05) is 12.3 Å². The van der Waals surface area contributed by atoms with Gasteiger partial charge in [0.1, 0.15) is 27.3 Å². The number of H-pyrrole nitrogens is 1. The molecule has 0 amide bonds. The lowest BCUT2D eigenvalue weighted by atomic mass is 10.1. The first-order valence-corrected chi connectivity index (χ1v) is 9.24. The molecular weight excluding hydrogens is 396 g/mol. The Morgan fingerprint density at radius 1 is 1.15 bits per heavy atom. The van der Waals surface area contributed by atoms with E-state index in [2.05, 4.69) is 19.9 Å². The van der Waals surface area contributed by atoms with Crippen molar-refractivity contribution in [3.05, 3.63) is 62.7 Å². The largest absolute Gasteiger partial charge is 0.346 e. The van der Waals surface area contributed by atoms with Crippen molar-refractivity contribution >= 4 is 45.6 Å². The van der Waals surface area contributed by atoms with Gasteiger partial charge in [-0.25, -0.2) is 14.4 Å². The Hall–Kier alpha value is -2.06. The van der Waals surface area contributed by atoms with Crippen LogP contribution in [0.25, 0.3) is 21.7 Å². The number of nitrogens with one attached hydrogen (secondary N) is 1. The van der Waals surface area contributed by atoms with E-state index in [9.17, 15) is 4.39 Å². The van der Waals surface area contributed by atoms with E-state index in [1.165, 1.54) is 17.4 Å². The molecule has 0 saturated carbocycles. The van der Waals surface area contributed by atoms with Crippen LogP contribution in [0.5, 0.6) is 0 Å². The van der Waals surface area contributed by atoms with E-state index in [1.54, 1.807) is 6.20 Å². The number of nitrogens with two attached hydrogens (primary N) is 1. The van der Waals surface area contributed by atoms with E-state index in [0.717, 1.165) is 27.7 Å². The van der Waals surface area contributed by atoms with Crippen LogP contribution < -0.4 is 5.73 Å². The number of hydrogen-bond acceptors (Lipinski definition) is 5. The fourth-order valence-corrected chi connectivity index (χ4v) is 4.21. The molecule has 0 fully saturated rings. The van der Waals surface area contributed by atoms with E-state index in [-0.39, 0.29) is 6.54 Å². The number of thiazole rings is 1. The minimum atomic E-state index is -0.430. The summed E-state index contributed by atoms with van der Waals surface area (Å²) < 4.78 is 13.4. The summed E-state index contributed by atoms with van der Waals surface area (Å²) >= 11 is 13.8. The van der Waals surface area contributed by atoms with Crippen LogP contribution in [0.2, 0.25) is 10.2 Å². The summed E-state index contributed by atoms with van der Waals surface area (Å²) in [6, 6.07) is 3.23. The van der Waals surface area contributed by atoms with E-state index >= 15 is 0 Å². The minimum absolute atomic E-state index is 0.166. The summed E-state index contributed by atoms with van der Waals surface area (Å²) in [7, 11) is 0. The van der Waals surface area contributed by atoms with Crippen molar-refractivity contribution in [1.29, 1.82) is 0 Å². The number of aromatic amines is 1. The molecular formula is C17H12Cl2FN5S. The van der Waals surface area contributed by atoms with Crippen molar-refractivity contribution in [1.82, 2.24) is 19.9 Å². The second-order valence-electron chi connectivity index (χ2n) is 5.64. The van der Waals surface area contributed by atoms with Gasteiger partial charge in [-0.3, -0.25) is 4.98 Å². The molecule has 0 saturated heterocycles. The predicted molar refractivity (Wildman–Crippen MR) is 102 cm³/mol. The standard InChI is InChI=1S/C17H12Cl2FN5S/c18-10-3-12-9(5-23-16(12)24-6-10)2-13-15(19)25-17(26-13)14-8(4-21)1-11(20)7-22-14/h1,3,5-7H,2,4,21H2,(H,23,24). The summed E-state index contributed by atoms with van der Waals surface area (Å²) in [5.41, 5.74) is 8.61. The summed E-state index contributed by atoms with van der Waals surface area (Å²) in [6.07, 6.45) is 5.19. The number of halogens is 3. The highest BCUT2D eigenvalue weighted by molar-refractivity contribution is 7.15. The first-order chi connectivity index (χ1) is 12.5. The normalized spacial score (nSPS) is 11.4. The summed E-state index contributed by atoms with van der Waals surface area (Å²) in [5, 5.41) is 2.51. The third-order valence-corrected chi connectivity index (χ3v) is 5.63. The van der Waals surface area contributed by atoms with Crippen LogP contribution in [0.3, 0.4) is 0 Å². The quantitative estimate of drug-likeness (QED) is 0.518. The van der Waals surface area contributed by atoms with E-state index < -0.39 is 5.82 Å². The molecule has 5 nitrogen and oxygen atoms in total. The molecule has 0 aliphatic carbocycles. The average Bonchev–Trinajstić information content (AvgIpc) is 3.19. The number of fused-ring (bicyclic) bond motifs is 1. The third kappa shape index (κ3) is 3.19. The summed E-state index contributed by atoms with van der Waals surface area (Å²) in [5.74, 6) is -0.430. The van der Waals surface area contributed by atoms with Gasteiger partial charge in [0, 0.05) is 35.6 Å². The van der Waals surface area contributed by atoms with Crippen LogP contribution in [0.15, 0.2) is 30.7 Å². The number of nitrogens with zero attached hydrogens (tertiary/aromatic N) is 3. The van der Waals surface area contributed by atoms with Crippen LogP contribution >= 0.6 is 34.5 Å². The molecule has 132 valence electrons. The molecule has 0 aromatic carbocycles. The van der Waals surface area contributed by atoms with Crippen molar-refractivity contribution in [2.45, 2.75) is 13.0 Å². The topological polar surface area (TPSA) is 80.5 Å². The Bertz CT molecular complexity index is 1110. The molecule has 26 heavy (non-hydrogen) atoms. The Morgan fingerprint density at radius 2 is 2.00 bits per heavy atom. The highest BCUT2D eigenvalue weighted by atomic mass is 35.5. The maximum atomic E-state index is 13.4. The zero-order chi connectivity index (χ0) is 18.3. The first-order valence-electron chi connectivity index (χ1n) is 7.66. The van der Waals surface area contributed by atoms with Gasteiger partial charge in [-0.1, -0.05) is 23.2 Å². The lowest BCUT2D eigenvalue weighted by Gasteiger charge is -2.03. The Morgan fingerprint density at radius 3 is 2.81 bits per heavy atom. The predicted octanol–water partition coefficient (Wildman–Crippen LogP) is 4.58. The Kier molecular flexibility index (Phi) is 4.62. The third-order valence-electron chi connectivity index (χ3n) is 3.94. The zero-order valence-electron chi connectivity index (χ0n) is 13.3. The average molecular weight is 408 g/mol. The van der Waals surface area contributed by atoms with Crippen LogP contribution in [0, 0.1) is 5.82 Å². The van der Waals surface area contributed by atoms with Gasteiger partial charge in [-0.05, 0) is 23.3 Å². The fourth-order valence-electron chi connectivity index (χ4n) is 2.72. The molecule has 0 unspecified atom stereocenters. The van der Waals surface area contributed by atoms with Gasteiger partial charge in [0.25, 0.3) is 0 Å². The van der Waals surface area contributed by atoms with Gasteiger partial charge in [0.05, 0.1) is 11.2 Å². The fraction of sp³-hybridized carbons (Fsp3) is 0.118. The van der Waals surface area contributed by atoms with Crippen LogP contribution in [0.1, 0.15) is 16.0 Å². The Labute approximate surface area is 162 Å². The highest BCUT2D eigenvalue weighted by Crippen LogP contribution is 2.34. The summed E-state index contributed by atoms with van der Waals surface area (Å²) in [4.78, 5) is 16.8. The van der Waals surface area contributed by atoms with Gasteiger partial charge in [-0.15, -0.1) is 11.3 Å². The molecule has 4 aromatic rings.